The molecule has 0 radical (unpaired) electrons. The first kappa shape index (κ1) is 22.5. The smallest absolute Gasteiger partial charge is 0.390 e. The van der Waals surface area contributed by atoms with Crippen molar-refractivity contribution in [1.82, 2.24) is 29.0 Å². The Kier molecular flexibility index (Phi) is 5.59. The Morgan fingerprint density at radius 2 is 2.09 bits per heavy atom. The van der Waals surface area contributed by atoms with Crippen LogP contribution in [0.15, 0.2) is 35.5 Å². The largest absolute Gasteiger partial charge is 0.493 e. The van der Waals surface area contributed by atoms with Gasteiger partial charge in [0.05, 0.1) is 30.6 Å². The highest BCUT2D eigenvalue weighted by Crippen LogP contribution is 2.33. The summed E-state index contributed by atoms with van der Waals surface area (Å²) in [6, 6.07) is 5.58. The summed E-state index contributed by atoms with van der Waals surface area (Å²) in [7, 11) is 1.57. The number of aromatic nitrogens is 5. The molecule has 1 atom stereocenters. The minimum absolute atomic E-state index is 0.0487. The molecule has 1 aliphatic rings. The van der Waals surface area contributed by atoms with Crippen molar-refractivity contribution in [2.45, 2.75) is 38.4 Å². The molecule has 4 heterocycles. The van der Waals surface area contributed by atoms with Crippen LogP contribution in [0.3, 0.4) is 0 Å². The molecule has 11 heteroatoms. The zero-order valence-electron chi connectivity index (χ0n) is 18.9. The Morgan fingerprint density at radius 3 is 2.85 bits per heavy atom. The van der Waals surface area contributed by atoms with Gasteiger partial charge in [0.25, 0.3) is 0 Å². The van der Waals surface area contributed by atoms with E-state index >= 15 is 0 Å². The number of methoxy groups -OCH3 is 1. The number of benzene rings is 1. The fraction of sp³-hybridized carbons (Fsp3) is 0.435. The highest BCUT2D eigenvalue weighted by Gasteiger charge is 2.30. The molecular formula is C23H25F3N6O2. The number of aryl methyl sites for hydroxylation is 1. The maximum atomic E-state index is 12.9. The molecule has 180 valence electrons. The fourth-order valence-corrected chi connectivity index (χ4v) is 4.87. The molecule has 5 rings (SSSR count). The molecule has 8 nitrogen and oxygen atoms in total. The second-order valence-corrected chi connectivity index (χ2v) is 8.77. The first-order valence-electron chi connectivity index (χ1n) is 11.2. The summed E-state index contributed by atoms with van der Waals surface area (Å²) in [5, 5.41) is 4.21. The zero-order chi connectivity index (χ0) is 24.0. The number of nitrogens with one attached hydrogen (secondary N) is 1. The van der Waals surface area contributed by atoms with Gasteiger partial charge in [0.1, 0.15) is 6.33 Å². The number of hydrogen-bond donors (Lipinski definition) is 1. The standard InChI is InChI=1S/C23H25F3N6O2/c1-14-8-19-18(10-17(14)15-9-20(34-2)21-27-13-28-31(21)11-15)29-22(33)32(19)16-4-3-6-30(12-16)7-5-23(24,25)26/h8-11,13,16H,3-7,12H2,1-2H3,(H,29,33). The first-order valence-corrected chi connectivity index (χ1v) is 11.2. The maximum absolute atomic E-state index is 12.9. The summed E-state index contributed by atoms with van der Waals surface area (Å²) in [4.78, 5) is 21.9. The van der Waals surface area contributed by atoms with Crippen molar-refractivity contribution in [2.24, 2.45) is 0 Å². The van der Waals surface area contributed by atoms with Gasteiger partial charge in [-0.2, -0.15) is 18.3 Å². The lowest BCUT2D eigenvalue weighted by Crippen LogP contribution is -2.40. The van der Waals surface area contributed by atoms with Gasteiger partial charge in [0.15, 0.2) is 11.4 Å². The van der Waals surface area contributed by atoms with Crippen molar-refractivity contribution in [2.75, 3.05) is 26.7 Å². The molecule has 1 unspecified atom stereocenters. The number of halogens is 3. The van der Waals surface area contributed by atoms with Crippen molar-refractivity contribution in [1.29, 1.82) is 0 Å². The number of aromatic amines is 1. The number of rotatable bonds is 5. The van der Waals surface area contributed by atoms with Crippen molar-refractivity contribution >= 4 is 16.7 Å². The highest BCUT2D eigenvalue weighted by molar-refractivity contribution is 5.85. The van der Waals surface area contributed by atoms with Gasteiger partial charge in [-0.25, -0.2) is 14.3 Å². The average molecular weight is 474 g/mol. The van der Waals surface area contributed by atoms with E-state index in [-0.39, 0.29) is 18.3 Å². The van der Waals surface area contributed by atoms with E-state index in [1.165, 1.54) is 6.33 Å². The SMILES string of the molecule is COc1cc(-c2cc3[nH]c(=O)n(C4CCCN(CCC(F)(F)F)C4)c3cc2C)cn2ncnc12. The number of H-pyrrole nitrogens is 1. The van der Waals surface area contributed by atoms with E-state index in [1.807, 2.05) is 31.3 Å². The third-order valence-electron chi connectivity index (χ3n) is 6.49. The van der Waals surface area contributed by atoms with Crippen LogP contribution in [0, 0.1) is 6.92 Å². The van der Waals surface area contributed by atoms with E-state index in [4.69, 9.17) is 4.74 Å². The highest BCUT2D eigenvalue weighted by atomic mass is 19.4. The molecule has 1 saturated heterocycles. The van der Waals surface area contributed by atoms with Gasteiger partial charge in [-0.15, -0.1) is 0 Å². The lowest BCUT2D eigenvalue weighted by Gasteiger charge is -2.33. The van der Waals surface area contributed by atoms with E-state index in [2.05, 4.69) is 15.1 Å². The molecule has 3 aromatic heterocycles. The lowest BCUT2D eigenvalue weighted by atomic mass is 10.00. The lowest BCUT2D eigenvalue weighted by molar-refractivity contribution is -0.138. The summed E-state index contributed by atoms with van der Waals surface area (Å²) in [5.74, 6) is 0.585. The molecule has 1 aromatic carbocycles. The van der Waals surface area contributed by atoms with Crippen LogP contribution in [0.4, 0.5) is 13.2 Å². The summed E-state index contributed by atoms with van der Waals surface area (Å²) < 4.78 is 46.9. The Morgan fingerprint density at radius 1 is 1.26 bits per heavy atom. The van der Waals surface area contributed by atoms with Gasteiger partial charge >= 0.3 is 11.9 Å². The van der Waals surface area contributed by atoms with Crippen LogP contribution in [0.2, 0.25) is 0 Å². The number of piperidine rings is 1. The molecular weight excluding hydrogens is 449 g/mol. The number of hydrogen-bond acceptors (Lipinski definition) is 5. The fourth-order valence-electron chi connectivity index (χ4n) is 4.87. The number of ether oxygens (including phenoxy) is 1. The number of fused-ring (bicyclic) bond motifs is 2. The third-order valence-corrected chi connectivity index (χ3v) is 6.49. The van der Waals surface area contributed by atoms with Crippen molar-refractivity contribution in [3.63, 3.8) is 0 Å². The van der Waals surface area contributed by atoms with Gasteiger partial charge in [-0.3, -0.25) is 4.57 Å². The summed E-state index contributed by atoms with van der Waals surface area (Å²) >= 11 is 0. The molecule has 1 N–H and O–H groups in total. The van der Waals surface area contributed by atoms with Crippen LogP contribution in [-0.4, -0.2) is 62.0 Å². The second-order valence-electron chi connectivity index (χ2n) is 8.77. The van der Waals surface area contributed by atoms with Gasteiger partial charge in [-0.1, -0.05) is 0 Å². The Balaban J connectivity index is 1.50. The number of likely N-dealkylation sites (tertiary alicyclic amines) is 1. The van der Waals surface area contributed by atoms with E-state index < -0.39 is 12.6 Å². The molecule has 1 aliphatic heterocycles. The number of pyridine rings is 1. The second kappa shape index (κ2) is 8.46. The maximum Gasteiger partial charge on any atom is 0.390 e. The predicted molar refractivity (Wildman–Crippen MR) is 121 cm³/mol. The Bertz CT molecular complexity index is 1400. The molecule has 0 aliphatic carbocycles. The first-order chi connectivity index (χ1) is 16.2. The minimum atomic E-state index is -4.18. The summed E-state index contributed by atoms with van der Waals surface area (Å²) in [6.07, 6.45) is -0.224. The molecule has 0 amide bonds. The molecule has 0 bridgehead atoms. The van der Waals surface area contributed by atoms with Crippen molar-refractivity contribution in [3.05, 3.63) is 46.8 Å². The Hall–Kier alpha value is -3.34. The van der Waals surface area contributed by atoms with Crippen LogP contribution < -0.4 is 10.4 Å². The number of imidazole rings is 1. The Labute approximate surface area is 193 Å². The number of alkyl halides is 3. The number of nitrogens with zero attached hydrogens (tertiary/aromatic N) is 5. The van der Waals surface area contributed by atoms with E-state index in [0.29, 0.717) is 30.0 Å². The van der Waals surface area contributed by atoms with Crippen LogP contribution >= 0.6 is 0 Å². The monoisotopic (exact) mass is 474 g/mol. The van der Waals surface area contributed by atoms with Crippen LogP contribution in [0.5, 0.6) is 5.75 Å². The van der Waals surface area contributed by atoms with Crippen LogP contribution in [0.1, 0.15) is 30.9 Å². The molecule has 0 saturated carbocycles. The topological polar surface area (TPSA) is 80.5 Å². The van der Waals surface area contributed by atoms with E-state index in [9.17, 15) is 18.0 Å². The molecule has 34 heavy (non-hydrogen) atoms. The molecule has 0 spiro atoms. The quantitative estimate of drug-likeness (QED) is 0.474. The van der Waals surface area contributed by atoms with Gasteiger partial charge in [-0.05, 0) is 55.6 Å². The predicted octanol–water partition coefficient (Wildman–Crippen LogP) is 3.95. The van der Waals surface area contributed by atoms with E-state index in [0.717, 1.165) is 35.0 Å². The van der Waals surface area contributed by atoms with Crippen molar-refractivity contribution < 1.29 is 17.9 Å². The normalized spacial score (nSPS) is 17.6. The minimum Gasteiger partial charge on any atom is -0.493 e. The third kappa shape index (κ3) is 4.15. The van der Waals surface area contributed by atoms with Crippen LogP contribution in [-0.2, 0) is 0 Å². The molecule has 4 aromatic rings. The van der Waals surface area contributed by atoms with Gasteiger partial charge in [0.2, 0.25) is 0 Å². The summed E-state index contributed by atoms with van der Waals surface area (Å²) in [5.41, 5.74) is 4.51. The van der Waals surface area contributed by atoms with Gasteiger partial charge < -0.3 is 14.6 Å². The summed E-state index contributed by atoms with van der Waals surface area (Å²) in [6.45, 7) is 2.95. The van der Waals surface area contributed by atoms with Crippen molar-refractivity contribution in [3.8, 4) is 16.9 Å². The zero-order valence-corrected chi connectivity index (χ0v) is 18.9. The van der Waals surface area contributed by atoms with E-state index in [1.54, 1.807) is 21.1 Å². The molecule has 1 fully saturated rings. The van der Waals surface area contributed by atoms with Gasteiger partial charge in [0, 0.05) is 24.8 Å². The van der Waals surface area contributed by atoms with Crippen LogP contribution in [0.25, 0.3) is 27.8 Å². The average Bonchev–Trinajstić information content (AvgIpc) is 3.39.